The number of aromatic nitrogens is 2. The molecule has 1 aromatic carbocycles. The highest BCUT2D eigenvalue weighted by molar-refractivity contribution is 6.03. The van der Waals surface area contributed by atoms with Crippen molar-refractivity contribution in [1.82, 2.24) is 15.3 Å². The first-order valence-electron chi connectivity index (χ1n) is 11.4. The Hall–Kier alpha value is -3.74. The molecule has 1 aliphatic carbocycles. The normalized spacial score (nSPS) is 21.6. The van der Waals surface area contributed by atoms with Gasteiger partial charge in [-0.25, -0.2) is 4.98 Å². The van der Waals surface area contributed by atoms with Crippen molar-refractivity contribution in [2.24, 2.45) is 0 Å². The molecule has 34 heavy (non-hydrogen) atoms. The third kappa shape index (κ3) is 4.51. The minimum atomic E-state index is -1.46. The van der Waals surface area contributed by atoms with Crippen molar-refractivity contribution in [1.29, 1.82) is 5.26 Å². The van der Waals surface area contributed by atoms with Gasteiger partial charge in [0.1, 0.15) is 30.6 Å². The maximum absolute atomic E-state index is 13.0. The van der Waals surface area contributed by atoms with Gasteiger partial charge in [0.15, 0.2) is 11.5 Å². The number of aliphatic hydroxyl groups is 1. The van der Waals surface area contributed by atoms with Gasteiger partial charge >= 0.3 is 0 Å². The zero-order chi connectivity index (χ0) is 23.5. The number of nitriles is 1. The zero-order valence-corrected chi connectivity index (χ0v) is 18.6. The van der Waals surface area contributed by atoms with Crippen molar-refractivity contribution >= 4 is 22.5 Å². The number of fused-ring (bicyclic) bond motifs is 2. The average Bonchev–Trinajstić information content (AvgIpc) is 2.88. The summed E-state index contributed by atoms with van der Waals surface area (Å²) in [6, 6.07) is 12.9. The molecule has 1 aliphatic heterocycles. The van der Waals surface area contributed by atoms with E-state index in [1.165, 1.54) is 0 Å². The van der Waals surface area contributed by atoms with Gasteiger partial charge in [-0.1, -0.05) is 12.1 Å². The molecule has 0 radical (unpaired) electrons. The highest BCUT2D eigenvalue weighted by Gasteiger charge is 2.40. The van der Waals surface area contributed by atoms with Gasteiger partial charge in [0, 0.05) is 24.0 Å². The second-order valence-corrected chi connectivity index (χ2v) is 8.65. The average molecular weight is 460 g/mol. The number of hydrogen-bond acceptors (Lipinski definition) is 8. The smallest absolute Gasteiger partial charge is 0.256 e. The predicted octanol–water partition coefficient (Wildman–Crippen LogP) is 2.67. The number of pyridine rings is 2. The number of amides is 1. The second kappa shape index (κ2) is 9.25. The Bertz CT molecular complexity index is 1260. The summed E-state index contributed by atoms with van der Waals surface area (Å²) in [6.07, 6.45) is 3.66. The predicted molar refractivity (Wildman–Crippen MR) is 124 cm³/mol. The SMILES string of the molecule is N#Cc1ccc2cccc(NC(=O)C3(O)CCC(NCc4cc5c(cn4)OCCO5)CC3)c2n1. The number of benzene rings is 1. The van der Waals surface area contributed by atoms with Crippen molar-refractivity contribution in [3.8, 4) is 17.6 Å². The molecule has 3 N–H and O–H groups in total. The third-order valence-electron chi connectivity index (χ3n) is 6.38. The van der Waals surface area contributed by atoms with E-state index >= 15 is 0 Å². The van der Waals surface area contributed by atoms with E-state index in [9.17, 15) is 9.90 Å². The lowest BCUT2D eigenvalue weighted by Crippen LogP contribution is -2.48. The Balaban J connectivity index is 1.19. The number of anilines is 1. The molecule has 0 spiro atoms. The fourth-order valence-electron chi connectivity index (χ4n) is 4.41. The number of rotatable bonds is 5. The molecule has 5 rings (SSSR count). The number of carbonyl (C=O) groups excluding carboxylic acids is 1. The van der Waals surface area contributed by atoms with Crippen molar-refractivity contribution in [3.63, 3.8) is 0 Å². The van der Waals surface area contributed by atoms with Gasteiger partial charge in [-0.05, 0) is 43.9 Å². The third-order valence-corrected chi connectivity index (χ3v) is 6.38. The van der Waals surface area contributed by atoms with Crippen LogP contribution in [0.4, 0.5) is 5.69 Å². The van der Waals surface area contributed by atoms with Gasteiger partial charge in [-0.15, -0.1) is 0 Å². The minimum absolute atomic E-state index is 0.167. The van der Waals surface area contributed by atoms with Gasteiger partial charge in [0.2, 0.25) is 0 Å². The Kier molecular flexibility index (Phi) is 6.01. The van der Waals surface area contributed by atoms with Crippen LogP contribution in [0, 0.1) is 11.3 Å². The van der Waals surface area contributed by atoms with Crippen LogP contribution >= 0.6 is 0 Å². The minimum Gasteiger partial charge on any atom is -0.486 e. The Morgan fingerprint density at radius 2 is 1.97 bits per heavy atom. The van der Waals surface area contributed by atoms with Crippen LogP contribution in [0.3, 0.4) is 0 Å². The summed E-state index contributed by atoms with van der Waals surface area (Å²) in [5.41, 5.74) is 0.677. The first-order valence-corrected chi connectivity index (χ1v) is 11.4. The van der Waals surface area contributed by atoms with E-state index in [4.69, 9.17) is 14.7 Å². The zero-order valence-electron chi connectivity index (χ0n) is 18.6. The highest BCUT2D eigenvalue weighted by atomic mass is 16.6. The summed E-state index contributed by atoms with van der Waals surface area (Å²) in [5.74, 6) is 0.919. The summed E-state index contributed by atoms with van der Waals surface area (Å²) in [6.45, 7) is 1.62. The Labute approximate surface area is 196 Å². The maximum Gasteiger partial charge on any atom is 0.256 e. The molecule has 1 fully saturated rings. The molecule has 174 valence electrons. The molecule has 0 unspecified atom stereocenters. The summed E-state index contributed by atoms with van der Waals surface area (Å²) < 4.78 is 11.1. The fourth-order valence-corrected chi connectivity index (χ4v) is 4.41. The molecule has 9 heteroatoms. The van der Waals surface area contributed by atoms with Crippen molar-refractivity contribution in [2.45, 2.75) is 43.9 Å². The summed E-state index contributed by atoms with van der Waals surface area (Å²) in [5, 5.41) is 27.3. The molecular formula is C25H25N5O4. The van der Waals surface area contributed by atoms with Gasteiger partial charge in [0.05, 0.1) is 23.1 Å². The molecule has 2 aromatic heterocycles. The molecule has 0 atom stereocenters. The molecule has 9 nitrogen and oxygen atoms in total. The van der Waals surface area contributed by atoms with Gasteiger partial charge in [0.25, 0.3) is 5.91 Å². The molecular weight excluding hydrogens is 434 g/mol. The Morgan fingerprint density at radius 1 is 1.18 bits per heavy atom. The van der Waals surface area contributed by atoms with Crippen LogP contribution in [0.15, 0.2) is 42.6 Å². The van der Waals surface area contributed by atoms with Crippen molar-refractivity contribution in [2.75, 3.05) is 18.5 Å². The molecule has 1 saturated carbocycles. The maximum atomic E-state index is 13.0. The number of nitrogens with one attached hydrogen (secondary N) is 2. The monoisotopic (exact) mass is 459 g/mol. The van der Waals surface area contributed by atoms with E-state index in [-0.39, 0.29) is 11.7 Å². The Morgan fingerprint density at radius 3 is 2.76 bits per heavy atom. The first-order chi connectivity index (χ1) is 16.5. The molecule has 3 aromatic rings. The highest BCUT2D eigenvalue weighted by Crippen LogP contribution is 2.32. The first kappa shape index (κ1) is 22.1. The van der Waals surface area contributed by atoms with Gasteiger partial charge in [-0.2, -0.15) is 5.26 Å². The topological polar surface area (TPSA) is 129 Å². The van der Waals surface area contributed by atoms with E-state index in [0.29, 0.717) is 68.1 Å². The number of hydrogen-bond donors (Lipinski definition) is 3. The lowest BCUT2D eigenvalue weighted by Gasteiger charge is -2.35. The molecule has 1 amide bonds. The molecule has 0 bridgehead atoms. The van der Waals surface area contributed by atoms with E-state index in [2.05, 4.69) is 20.6 Å². The summed E-state index contributed by atoms with van der Waals surface area (Å²) in [4.78, 5) is 21.7. The molecule has 0 saturated heterocycles. The van der Waals surface area contributed by atoms with Crippen LogP contribution < -0.4 is 20.1 Å². The van der Waals surface area contributed by atoms with Crippen LogP contribution in [-0.4, -0.2) is 45.8 Å². The number of ether oxygens (including phenoxy) is 2. The van der Waals surface area contributed by atoms with Crippen LogP contribution in [0.2, 0.25) is 0 Å². The van der Waals surface area contributed by atoms with Crippen LogP contribution in [0.1, 0.15) is 37.1 Å². The largest absolute Gasteiger partial charge is 0.486 e. The summed E-state index contributed by atoms with van der Waals surface area (Å²) >= 11 is 0. The number of carbonyl (C=O) groups is 1. The molecule has 2 aliphatic rings. The van der Waals surface area contributed by atoms with E-state index in [0.717, 1.165) is 11.1 Å². The summed E-state index contributed by atoms with van der Waals surface area (Å²) in [7, 11) is 0. The lowest BCUT2D eigenvalue weighted by molar-refractivity contribution is -0.137. The lowest BCUT2D eigenvalue weighted by atomic mass is 9.81. The van der Waals surface area contributed by atoms with Crippen molar-refractivity contribution in [3.05, 3.63) is 54.0 Å². The quantitative estimate of drug-likeness (QED) is 0.531. The fraction of sp³-hybridized carbons (Fsp3) is 0.360. The second-order valence-electron chi connectivity index (χ2n) is 8.65. The number of nitrogens with zero attached hydrogens (tertiary/aromatic N) is 3. The van der Waals surface area contributed by atoms with E-state index < -0.39 is 11.5 Å². The van der Waals surface area contributed by atoms with E-state index in [1.807, 2.05) is 24.3 Å². The number of para-hydroxylation sites is 1. The van der Waals surface area contributed by atoms with Crippen LogP contribution in [0.25, 0.3) is 10.9 Å². The van der Waals surface area contributed by atoms with E-state index in [1.54, 1.807) is 24.4 Å². The standard InChI is InChI=1S/C25H25N5O4/c26-13-18-5-4-16-2-1-3-20(23(16)29-18)30-24(31)25(32)8-6-17(7-9-25)27-14-19-12-21-22(15-28-19)34-11-10-33-21/h1-5,12,15,17,27,32H,6-11,14H2,(H,30,31). The van der Waals surface area contributed by atoms with Gasteiger partial charge < -0.3 is 25.2 Å². The molecule has 3 heterocycles. The van der Waals surface area contributed by atoms with Gasteiger partial charge in [-0.3, -0.25) is 9.78 Å². The van der Waals surface area contributed by atoms with Crippen LogP contribution in [0.5, 0.6) is 11.5 Å². The van der Waals surface area contributed by atoms with Crippen molar-refractivity contribution < 1.29 is 19.4 Å². The van der Waals surface area contributed by atoms with Crippen LogP contribution in [-0.2, 0) is 11.3 Å².